The van der Waals surface area contributed by atoms with Gasteiger partial charge >= 0.3 is 0 Å². The maximum absolute atomic E-state index is 11.6. The molecular weight excluding hydrogens is 188 g/mol. The Morgan fingerprint density at radius 3 is 2.67 bits per heavy atom. The Hall–Kier alpha value is -0.630. The van der Waals surface area contributed by atoms with Crippen molar-refractivity contribution < 1.29 is 9.90 Å². The fourth-order valence-corrected chi connectivity index (χ4v) is 2.48. The highest BCUT2D eigenvalue weighted by atomic mass is 16.3. The highest BCUT2D eigenvalue weighted by Crippen LogP contribution is 2.41. The number of Topliss-reactive ketones (excluding diaryl/α,β-unsaturated/α-hetero) is 1. The topological polar surface area (TPSA) is 37.3 Å². The smallest absolute Gasteiger partial charge is 0.139 e. The minimum atomic E-state index is -0.0222. The number of aliphatic hydroxyl groups is 1. The molecule has 0 heterocycles. The number of rotatable bonds is 4. The average Bonchev–Trinajstić information content (AvgIpc) is 2.12. The van der Waals surface area contributed by atoms with Crippen molar-refractivity contribution in [1.29, 1.82) is 0 Å². The molecule has 1 rings (SSSR count). The van der Waals surface area contributed by atoms with Crippen LogP contribution in [0.5, 0.6) is 0 Å². The number of allylic oxidation sites excluding steroid dienone is 2. The Kier molecular flexibility index (Phi) is 4.09. The molecule has 0 aromatic heterocycles. The molecule has 0 fully saturated rings. The van der Waals surface area contributed by atoms with E-state index < -0.39 is 0 Å². The first kappa shape index (κ1) is 12.4. The van der Waals surface area contributed by atoms with E-state index in [2.05, 4.69) is 20.8 Å². The van der Waals surface area contributed by atoms with Gasteiger partial charge in [0.25, 0.3) is 0 Å². The molecule has 2 heteroatoms. The van der Waals surface area contributed by atoms with Crippen molar-refractivity contribution in [3.63, 3.8) is 0 Å². The lowest BCUT2D eigenvalue weighted by Crippen LogP contribution is -2.22. The van der Waals surface area contributed by atoms with E-state index in [0.717, 1.165) is 6.42 Å². The molecule has 0 spiro atoms. The van der Waals surface area contributed by atoms with Gasteiger partial charge in [0.15, 0.2) is 0 Å². The SMILES string of the molecule is CC1=C(CC(=O)CCO)C(C)(C)CCC1. The van der Waals surface area contributed by atoms with Crippen LogP contribution in [0, 0.1) is 5.41 Å². The third-order valence-electron chi connectivity index (χ3n) is 3.45. The molecule has 0 amide bonds. The molecule has 1 aliphatic carbocycles. The van der Waals surface area contributed by atoms with Gasteiger partial charge in [-0.2, -0.15) is 0 Å². The van der Waals surface area contributed by atoms with Crippen LogP contribution in [0.25, 0.3) is 0 Å². The number of hydrogen-bond donors (Lipinski definition) is 1. The molecule has 0 aromatic carbocycles. The average molecular weight is 210 g/mol. The lowest BCUT2D eigenvalue weighted by atomic mass is 9.71. The minimum Gasteiger partial charge on any atom is -0.396 e. The summed E-state index contributed by atoms with van der Waals surface area (Å²) in [7, 11) is 0. The summed E-state index contributed by atoms with van der Waals surface area (Å²) in [4.78, 5) is 11.6. The number of carbonyl (C=O) groups is 1. The van der Waals surface area contributed by atoms with Crippen LogP contribution < -0.4 is 0 Å². The summed E-state index contributed by atoms with van der Waals surface area (Å²) in [5.74, 6) is 0.168. The van der Waals surface area contributed by atoms with Crippen molar-refractivity contribution in [2.24, 2.45) is 5.41 Å². The van der Waals surface area contributed by atoms with Crippen LogP contribution in [0.2, 0.25) is 0 Å². The zero-order valence-corrected chi connectivity index (χ0v) is 10.1. The summed E-state index contributed by atoms with van der Waals surface area (Å²) in [6, 6.07) is 0. The Labute approximate surface area is 92.4 Å². The zero-order chi connectivity index (χ0) is 11.5. The van der Waals surface area contributed by atoms with E-state index in [0.29, 0.717) is 12.8 Å². The standard InChI is InChI=1S/C13H22O2/c1-10-5-4-7-13(2,3)12(10)9-11(15)6-8-14/h14H,4-9H2,1-3H3. The molecule has 15 heavy (non-hydrogen) atoms. The molecule has 0 unspecified atom stereocenters. The van der Waals surface area contributed by atoms with E-state index in [1.165, 1.54) is 24.0 Å². The lowest BCUT2D eigenvalue weighted by Gasteiger charge is -2.34. The Morgan fingerprint density at radius 1 is 1.47 bits per heavy atom. The molecule has 0 radical (unpaired) electrons. The quantitative estimate of drug-likeness (QED) is 0.724. The largest absolute Gasteiger partial charge is 0.396 e. The Bertz CT molecular complexity index is 274. The predicted molar refractivity (Wildman–Crippen MR) is 61.7 cm³/mol. The van der Waals surface area contributed by atoms with E-state index in [-0.39, 0.29) is 17.8 Å². The summed E-state index contributed by atoms with van der Waals surface area (Å²) in [5.41, 5.74) is 2.87. The molecule has 0 saturated carbocycles. The number of aliphatic hydroxyl groups excluding tert-OH is 1. The van der Waals surface area contributed by atoms with Crippen LogP contribution in [0.15, 0.2) is 11.1 Å². The molecule has 0 atom stereocenters. The monoisotopic (exact) mass is 210 g/mol. The second-order valence-corrected chi connectivity index (χ2v) is 5.19. The summed E-state index contributed by atoms with van der Waals surface area (Å²) in [6.45, 7) is 6.56. The fourth-order valence-electron chi connectivity index (χ4n) is 2.48. The highest BCUT2D eigenvalue weighted by Gasteiger charge is 2.29. The van der Waals surface area contributed by atoms with Crippen LogP contribution >= 0.6 is 0 Å². The van der Waals surface area contributed by atoms with Crippen LogP contribution in [-0.4, -0.2) is 17.5 Å². The van der Waals surface area contributed by atoms with E-state index in [1.54, 1.807) is 0 Å². The van der Waals surface area contributed by atoms with E-state index >= 15 is 0 Å². The number of carbonyl (C=O) groups excluding carboxylic acids is 1. The van der Waals surface area contributed by atoms with Crippen molar-refractivity contribution in [3.05, 3.63) is 11.1 Å². The first-order chi connectivity index (χ1) is 6.97. The van der Waals surface area contributed by atoms with Gasteiger partial charge in [-0.05, 0) is 31.6 Å². The molecule has 86 valence electrons. The lowest BCUT2D eigenvalue weighted by molar-refractivity contribution is -0.119. The second-order valence-electron chi connectivity index (χ2n) is 5.19. The molecule has 0 aromatic rings. The van der Waals surface area contributed by atoms with Gasteiger partial charge in [-0.25, -0.2) is 0 Å². The fraction of sp³-hybridized carbons (Fsp3) is 0.769. The summed E-state index contributed by atoms with van der Waals surface area (Å²) >= 11 is 0. The Morgan fingerprint density at radius 2 is 2.13 bits per heavy atom. The first-order valence-corrected chi connectivity index (χ1v) is 5.79. The summed E-state index contributed by atoms with van der Waals surface area (Å²) in [6.07, 6.45) is 4.38. The zero-order valence-electron chi connectivity index (χ0n) is 10.1. The molecule has 1 aliphatic rings. The molecule has 0 saturated heterocycles. The van der Waals surface area contributed by atoms with Crippen LogP contribution in [0.3, 0.4) is 0 Å². The van der Waals surface area contributed by atoms with Gasteiger partial charge in [0.2, 0.25) is 0 Å². The van der Waals surface area contributed by atoms with Gasteiger partial charge in [0.1, 0.15) is 5.78 Å². The normalized spacial score (nSPS) is 20.5. The van der Waals surface area contributed by atoms with Crippen molar-refractivity contribution in [2.45, 2.75) is 52.9 Å². The Balaban J connectivity index is 2.76. The van der Waals surface area contributed by atoms with Crippen molar-refractivity contribution in [1.82, 2.24) is 0 Å². The highest BCUT2D eigenvalue weighted by molar-refractivity contribution is 5.81. The van der Waals surface area contributed by atoms with Crippen LogP contribution in [0.1, 0.15) is 52.9 Å². The van der Waals surface area contributed by atoms with E-state index in [4.69, 9.17) is 5.11 Å². The van der Waals surface area contributed by atoms with Gasteiger partial charge in [-0.1, -0.05) is 25.0 Å². The number of ketones is 1. The van der Waals surface area contributed by atoms with Gasteiger partial charge in [0.05, 0.1) is 0 Å². The van der Waals surface area contributed by atoms with Crippen molar-refractivity contribution in [3.8, 4) is 0 Å². The van der Waals surface area contributed by atoms with Gasteiger partial charge in [-0.3, -0.25) is 4.79 Å². The van der Waals surface area contributed by atoms with Crippen molar-refractivity contribution >= 4 is 5.78 Å². The third kappa shape index (κ3) is 3.16. The van der Waals surface area contributed by atoms with Gasteiger partial charge < -0.3 is 5.11 Å². The second kappa shape index (κ2) is 4.93. The third-order valence-corrected chi connectivity index (χ3v) is 3.45. The molecule has 1 N–H and O–H groups in total. The van der Waals surface area contributed by atoms with E-state index in [9.17, 15) is 4.79 Å². The maximum atomic E-state index is 11.6. The molecular formula is C13H22O2. The molecule has 0 bridgehead atoms. The van der Waals surface area contributed by atoms with Gasteiger partial charge in [0, 0.05) is 19.4 Å². The van der Waals surface area contributed by atoms with Crippen molar-refractivity contribution in [2.75, 3.05) is 6.61 Å². The predicted octanol–water partition coefficient (Wildman–Crippen LogP) is 2.85. The molecule has 0 aliphatic heterocycles. The van der Waals surface area contributed by atoms with Crippen LogP contribution in [0.4, 0.5) is 0 Å². The number of hydrogen-bond acceptors (Lipinski definition) is 2. The summed E-state index contributed by atoms with van der Waals surface area (Å²) < 4.78 is 0. The maximum Gasteiger partial charge on any atom is 0.139 e. The van der Waals surface area contributed by atoms with E-state index in [1.807, 2.05) is 0 Å². The van der Waals surface area contributed by atoms with Gasteiger partial charge in [-0.15, -0.1) is 0 Å². The first-order valence-electron chi connectivity index (χ1n) is 5.79. The molecule has 2 nitrogen and oxygen atoms in total. The summed E-state index contributed by atoms with van der Waals surface area (Å²) in [5, 5.41) is 8.73. The minimum absolute atomic E-state index is 0.0222. The van der Waals surface area contributed by atoms with Crippen LogP contribution in [-0.2, 0) is 4.79 Å².